The molecular weight excluding hydrogens is 330 g/mol. The van der Waals surface area contributed by atoms with E-state index in [1.54, 1.807) is 0 Å². The molecule has 0 bridgehead atoms. The number of rotatable bonds is 6. The maximum Gasteiger partial charge on any atom is 0.317 e. The van der Waals surface area contributed by atoms with Crippen molar-refractivity contribution in [1.82, 2.24) is 15.1 Å². The highest BCUT2D eigenvalue weighted by molar-refractivity contribution is 5.75. The predicted octanol–water partition coefficient (Wildman–Crippen LogP) is 2.51. The smallest absolute Gasteiger partial charge is 0.317 e. The molecule has 6 nitrogen and oxygen atoms in total. The molecule has 2 fully saturated rings. The molecule has 0 aromatic heterocycles. The van der Waals surface area contributed by atoms with Crippen molar-refractivity contribution in [2.24, 2.45) is 0 Å². The first-order chi connectivity index (χ1) is 12.5. The van der Waals surface area contributed by atoms with Crippen molar-refractivity contribution >= 4 is 12.0 Å². The molecule has 1 saturated carbocycles. The van der Waals surface area contributed by atoms with Gasteiger partial charge in [0, 0.05) is 30.6 Å². The van der Waals surface area contributed by atoms with Crippen LogP contribution >= 0.6 is 0 Å². The summed E-state index contributed by atoms with van der Waals surface area (Å²) in [4.78, 5) is 27.5. The Morgan fingerprint density at radius 3 is 2.54 bits per heavy atom. The van der Waals surface area contributed by atoms with Crippen molar-refractivity contribution in [2.75, 3.05) is 19.6 Å². The largest absolute Gasteiger partial charge is 0.480 e. The van der Waals surface area contributed by atoms with Crippen LogP contribution in [0, 0.1) is 0 Å². The van der Waals surface area contributed by atoms with E-state index in [0.29, 0.717) is 5.92 Å². The molecule has 2 amide bonds. The van der Waals surface area contributed by atoms with Gasteiger partial charge in [-0.2, -0.15) is 0 Å². The zero-order chi connectivity index (χ0) is 18.7. The lowest BCUT2D eigenvalue weighted by atomic mass is 9.85. The second-order valence-corrected chi connectivity index (χ2v) is 7.57. The Morgan fingerprint density at radius 2 is 1.92 bits per heavy atom. The summed E-state index contributed by atoms with van der Waals surface area (Å²) in [5.74, 6) is -0.394. The molecule has 0 spiro atoms. The lowest BCUT2D eigenvalue weighted by Crippen LogP contribution is -2.57. The number of nitrogens with zero attached hydrogens (tertiary/aromatic N) is 2. The lowest BCUT2D eigenvalue weighted by molar-refractivity contribution is -0.139. The van der Waals surface area contributed by atoms with Gasteiger partial charge in [0.2, 0.25) is 0 Å². The molecular formula is C20H29N3O3. The van der Waals surface area contributed by atoms with E-state index in [0.717, 1.165) is 32.4 Å². The molecule has 0 radical (unpaired) electrons. The Morgan fingerprint density at radius 1 is 1.23 bits per heavy atom. The summed E-state index contributed by atoms with van der Waals surface area (Å²) in [5, 5.41) is 12.1. The van der Waals surface area contributed by atoms with Crippen molar-refractivity contribution in [3.05, 3.63) is 35.9 Å². The maximum absolute atomic E-state index is 12.7. The third-order valence-corrected chi connectivity index (χ3v) is 5.81. The molecule has 26 heavy (non-hydrogen) atoms. The van der Waals surface area contributed by atoms with Crippen LogP contribution in [0.15, 0.2) is 30.3 Å². The van der Waals surface area contributed by atoms with Gasteiger partial charge in [0.1, 0.15) is 0 Å². The highest BCUT2D eigenvalue weighted by atomic mass is 16.4. The molecule has 142 valence electrons. The minimum Gasteiger partial charge on any atom is -0.480 e. The van der Waals surface area contributed by atoms with Crippen molar-refractivity contribution in [3.63, 3.8) is 0 Å². The zero-order valence-corrected chi connectivity index (χ0v) is 15.6. The number of likely N-dealkylation sites (tertiary alicyclic amines) is 1. The molecule has 1 aliphatic carbocycles. The number of carbonyl (C=O) groups is 2. The van der Waals surface area contributed by atoms with Gasteiger partial charge in [-0.25, -0.2) is 4.79 Å². The summed E-state index contributed by atoms with van der Waals surface area (Å²) in [6.07, 6.45) is 2.65. The molecule has 1 aromatic rings. The van der Waals surface area contributed by atoms with Gasteiger partial charge in [-0.15, -0.1) is 0 Å². The van der Waals surface area contributed by atoms with Gasteiger partial charge in [0.25, 0.3) is 0 Å². The number of hydrogen-bond donors (Lipinski definition) is 2. The number of carboxylic acids is 1. The van der Waals surface area contributed by atoms with Crippen molar-refractivity contribution < 1.29 is 14.7 Å². The number of hydrogen-bond acceptors (Lipinski definition) is 3. The van der Waals surface area contributed by atoms with Gasteiger partial charge in [-0.05, 0) is 38.3 Å². The molecule has 1 aliphatic heterocycles. The number of aliphatic carboxylic acids is 1. The van der Waals surface area contributed by atoms with Crippen LogP contribution in [-0.2, 0) is 4.79 Å². The average Bonchev–Trinajstić information content (AvgIpc) is 2.98. The third-order valence-electron chi connectivity index (χ3n) is 5.81. The third kappa shape index (κ3) is 4.18. The number of benzene rings is 1. The quantitative estimate of drug-likeness (QED) is 0.819. The summed E-state index contributed by atoms with van der Waals surface area (Å²) in [6, 6.07) is 11.0. The van der Waals surface area contributed by atoms with E-state index in [2.05, 4.69) is 24.4 Å². The van der Waals surface area contributed by atoms with Gasteiger partial charge < -0.3 is 15.3 Å². The van der Waals surface area contributed by atoms with Gasteiger partial charge in [0.05, 0.1) is 6.54 Å². The molecule has 2 N–H and O–H groups in total. The van der Waals surface area contributed by atoms with Crippen LogP contribution < -0.4 is 5.32 Å². The van der Waals surface area contributed by atoms with E-state index < -0.39 is 5.97 Å². The molecule has 1 saturated heterocycles. The maximum atomic E-state index is 12.7. The molecule has 2 unspecified atom stereocenters. The van der Waals surface area contributed by atoms with E-state index in [4.69, 9.17) is 5.11 Å². The normalized spacial score (nSPS) is 28.0. The van der Waals surface area contributed by atoms with Crippen LogP contribution in [0.1, 0.15) is 44.6 Å². The molecule has 1 heterocycles. The van der Waals surface area contributed by atoms with Gasteiger partial charge in [-0.1, -0.05) is 37.3 Å². The molecule has 1 aromatic carbocycles. The Labute approximate surface area is 155 Å². The van der Waals surface area contributed by atoms with Crippen molar-refractivity contribution in [3.8, 4) is 0 Å². The summed E-state index contributed by atoms with van der Waals surface area (Å²) in [5.41, 5.74) is 1.30. The Bertz CT molecular complexity index is 630. The Balaban J connectivity index is 1.48. The summed E-state index contributed by atoms with van der Waals surface area (Å²) >= 11 is 0. The Hall–Kier alpha value is -2.08. The number of likely N-dealkylation sites (N-methyl/N-ethyl adjacent to an activating group) is 1. The van der Waals surface area contributed by atoms with E-state index in [-0.39, 0.29) is 30.7 Å². The highest BCUT2D eigenvalue weighted by Gasteiger charge is 2.38. The molecule has 3 rings (SSSR count). The lowest BCUT2D eigenvalue weighted by Gasteiger charge is -2.42. The van der Waals surface area contributed by atoms with Crippen LogP contribution in [0.4, 0.5) is 4.79 Å². The summed E-state index contributed by atoms with van der Waals surface area (Å²) in [6.45, 7) is 5.64. The number of carboxylic acid groups (broad SMARTS) is 1. The van der Waals surface area contributed by atoms with Crippen LogP contribution in [0.5, 0.6) is 0 Å². The van der Waals surface area contributed by atoms with Gasteiger partial charge in [0.15, 0.2) is 0 Å². The first kappa shape index (κ1) is 18.7. The zero-order valence-electron chi connectivity index (χ0n) is 15.6. The fourth-order valence-electron chi connectivity index (χ4n) is 4.21. The fraction of sp³-hybridized carbons (Fsp3) is 0.600. The second kappa shape index (κ2) is 8.08. The molecule has 2 atom stereocenters. The first-order valence-corrected chi connectivity index (χ1v) is 9.55. The highest BCUT2D eigenvalue weighted by Crippen LogP contribution is 2.32. The van der Waals surface area contributed by atoms with Gasteiger partial charge >= 0.3 is 12.0 Å². The van der Waals surface area contributed by atoms with E-state index in [1.807, 2.05) is 34.9 Å². The van der Waals surface area contributed by atoms with Crippen molar-refractivity contribution in [2.45, 2.75) is 57.2 Å². The summed E-state index contributed by atoms with van der Waals surface area (Å²) in [7, 11) is 0. The monoisotopic (exact) mass is 359 g/mol. The number of urea groups is 1. The van der Waals surface area contributed by atoms with E-state index in [1.165, 1.54) is 5.56 Å². The topological polar surface area (TPSA) is 72.9 Å². The van der Waals surface area contributed by atoms with Crippen LogP contribution in [-0.4, -0.2) is 64.7 Å². The van der Waals surface area contributed by atoms with Crippen molar-refractivity contribution in [1.29, 1.82) is 0 Å². The fourth-order valence-corrected chi connectivity index (χ4v) is 4.21. The molecule has 2 aliphatic rings. The van der Waals surface area contributed by atoms with E-state index in [9.17, 15) is 9.59 Å². The van der Waals surface area contributed by atoms with Gasteiger partial charge in [-0.3, -0.25) is 9.69 Å². The number of carbonyl (C=O) groups excluding carboxylic acids is 1. The number of amides is 2. The Kier molecular flexibility index (Phi) is 5.81. The molecule has 6 heteroatoms. The van der Waals surface area contributed by atoms with Crippen LogP contribution in [0.2, 0.25) is 0 Å². The average molecular weight is 359 g/mol. The standard InChI is InChI=1S/C20H29N3O3/c1-3-22(13-19(24)25)18-10-17(11-18)21-20(26)23-12-16(9-14(23)2)15-7-5-4-6-8-15/h4-8,14,16-18H,3,9-13H2,1-2H3,(H,21,26)(H,24,25). The van der Waals surface area contributed by atoms with Crippen LogP contribution in [0.3, 0.4) is 0 Å². The first-order valence-electron chi connectivity index (χ1n) is 9.55. The second-order valence-electron chi connectivity index (χ2n) is 7.57. The minimum atomic E-state index is -0.794. The van der Waals surface area contributed by atoms with Crippen LogP contribution in [0.25, 0.3) is 0 Å². The minimum absolute atomic E-state index is 0.0145. The summed E-state index contributed by atoms with van der Waals surface area (Å²) < 4.78 is 0. The predicted molar refractivity (Wildman–Crippen MR) is 100 cm³/mol. The number of nitrogens with one attached hydrogen (secondary N) is 1. The van der Waals surface area contributed by atoms with E-state index >= 15 is 0 Å². The SMILES string of the molecule is CCN(CC(=O)O)C1CC(NC(=O)N2CC(c3ccccc3)CC2C)C1.